The second-order valence-electron chi connectivity index (χ2n) is 22.7. The smallest absolute Gasteiger partial charge is 0.245 e. The average molecular weight is 1150 g/mol. The quantitative estimate of drug-likeness (QED) is 0.0174. The highest BCUT2D eigenvalue weighted by Crippen LogP contribution is 2.15. The molecular formula is C54H104N16O11. The zero-order valence-corrected chi connectivity index (χ0v) is 50.1. The third-order valence-corrected chi connectivity index (χ3v) is 13.2. The van der Waals surface area contributed by atoms with Gasteiger partial charge in [-0.05, 0) is 127 Å². The van der Waals surface area contributed by atoms with E-state index in [1.54, 1.807) is 13.8 Å². The Bertz CT molecular complexity index is 2020. The van der Waals surface area contributed by atoms with Crippen LogP contribution in [0.25, 0.3) is 0 Å². The molecule has 0 fully saturated rings. The molecule has 27 nitrogen and oxygen atoms in total. The van der Waals surface area contributed by atoms with Crippen LogP contribution in [0.2, 0.25) is 0 Å². The lowest BCUT2D eigenvalue weighted by Crippen LogP contribution is -2.62. The number of rotatable bonds is 42. The van der Waals surface area contributed by atoms with E-state index < -0.39 is 125 Å². The summed E-state index contributed by atoms with van der Waals surface area (Å²) in [5, 5.41) is 35.0. The van der Waals surface area contributed by atoms with Gasteiger partial charge in [0.2, 0.25) is 59.1 Å². The van der Waals surface area contributed by atoms with Gasteiger partial charge in [0.25, 0.3) is 0 Å². The van der Waals surface area contributed by atoms with Crippen LogP contribution in [-0.4, -0.2) is 157 Å². The van der Waals surface area contributed by atoms with Gasteiger partial charge in [-0.2, -0.15) is 0 Å². The largest absolute Gasteiger partial charge is 0.391 e. The highest BCUT2D eigenvalue weighted by molar-refractivity contribution is 5.98. The summed E-state index contributed by atoms with van der Waals surface area (Å²) >= 11 is 0. The lowest BCUT2D eigenvalue weighted by atomic mass is 9.96. The number of unbranched alkanes of at least 4 members (excludes halogenated alkanes) is 2. The lowest BCUT2D eigenvalue weighted by Gasteiger charge is -2.30. The van der Waals surface area contributed by atoms with Gasteiger partial charge in [0.1, 0.15) is 54.4 Å². The van der Waals surface area contributed by atoms with E-state index >= 15 is 0 Å². The minimum atomic E-state index is -1.63. The van der Waals surface area contributed by atoms with E-state index in [2.05, 4.69) is 52.8 Å². The highest BCUT2D eigenvalue weighted by Gasteiger charge is 2.37. The molecule has 0 spiro atoms. The number of aliphatic imine (C=N–C) groups is 1. The molecule has 0 aliphatic rings. The number of carbonyl (C=O) groups excluding carboxylic acids is 10. The van der Waals surface area contributed by atoms with Crippen molar-refractivity contribution in [2.45, 2.75) is 220 Å². The van der Waals surface area contributed by atoms with E-state index in [0.29, 0.717) is 32.1 Å². The van der Waals surface area contributed by atoms with E-state index in [-0.39, 0.29) is 107 Å². The zero-order chi connectivity index (χ0) is 62.1. The molecule has 0 aromatic rings. The van der Waals surface area contributed by atoms with Crippen LogP contribution in [0.5, 0.6) is 0 Å². The molecule has 0 aromatic heterocycles. The maximum atomic E-state index is 14.5. The fourth-order valence-electron chi connectivity index (χ4n) is 8.60. The number of hydrogen-bond acceptors (Lipinski definition) is 15. The Morgan fingerprint density at radius 3 is 1.10 bits per heavy atom. The molecule has 27 heteroatoms. The van der Waals surface area contributed by atoms with Gasteiger partial charge in [-0.3, -0.25) is 52.9 Å². The number of aliphatic hydroxyl groups is 1. The minimum Gasteiger partial charge on any atom is -0.391 e. The van der Waals surface area contributed by atoms with E-state index in [0.717, 1.165) is 0 Å². The van der Waals surface area contributed by atoms with Gasteiger partial charge in [-0.15, -0.1) is 0 Å². The van der Waals surface area contributed by atoms with Gasteiger partial charge in [0, 0.05) is 6.54 Å². The Labute approximate surface area is 479 Å². The number of nitrogens with zero attached hydrogens (tertiary/aromatic N) is 1. The summed E-state index contributed by atoms with van der Waals surface area (Å²) in [5.74, 6) is -8.52. The van der Waals surface area contributed by atoms with E-state index in [1.807, 2.05) is 55.4 Å². The van der Waals surface area contributed by atoms with Gasteiger partial charge < -0.3 is 87.4 Å². The van der Waals surface area contributed by atoms with Crippen LogP contribution in [0.1, 0.15) is 160 Å². The van der Waals surface area contributed by atoms with E-state index in [4.69, 9.17) is 34.4 Å². The van der Waals surface area contributed by atoms with Crippen molar-refractivity contribution in [3.63, 3.8) is 0 Å². The number of nitrogens with two attached hydrogens (primary N) is 6. The Kier molecular flexibility index (Phi) is 37.0. The van der Waals surface area contributed by atoms with Crippen LogP contribution in [0.3, 0.4) is 0 Å². The second kappa shape index (κ2) is 40.1. The first-order valence-electron chi connectivity index (χ1n) is 28.8. The molecule has 0 saturated carbocycles. The number of carbonyl (C=O) groups is 10. The van der Waals surface area contributed by atoms with Crippen molar-refractivity contribution in [3.05, 3.63) is 0 Å². The molecule has 466 valence electrons. The van der Waals surface area contributed by atoms with Crippen LogP contribution in [0.15, 0.2) is 4.99 Å². The summed E-state index contributed by atoms with van der Waals surface area (Å²) in [6, 6.07) is -11.2. The number of guanidine groups is 1. The molecule has 0 aliphatic heterocycles. The fourth-order valence-corrected chi connectivity index (χ4v) is 8.60. The predicted octanol–water partition coefficient (Wildman–Crippen LogP) is -2.28. The predicted molar refractivity (Wildman–Crippen MR) is 310 cm³/mol. The molecule has 81 heavy (non-hydrogen) atoms. The second-order valence-corrected chi connectivity index (χ2v) is 22.7. The summed E-state index contributed by atoms with van der Waals surface area (Å²) in [6.45, 7) is 19.7. The molecule has 22 N–H and O–H groups in total. The average Bonchev–Trinajstić information content (AvgIpc) is 3.37. The van der Waals surface area contributed by atoms with Crippen LogP contribution in [0, 0.1) is 29.6 Å². The number of amides is 10. The summed E-state index contributed by atoms with van der Waals surface area (Å²) in [7, 11) is 0. The van der Waals surface area contributed by atoms with Gasteiger partial charge in [0.05, 0.1) is 12.6 Å². The Morgan fingerprint density at radius 1 is 0.407 bits per heavy atom. The first kappa shape index (κ1) is 74.8. The number of hydrogen-bond donors (Lipinski definition) is 16. The van der Waals surface area contributed by atoms with Crippen molar-refractivity contribution in [1.29, 1.82) is 0 Å². The topological polar surface area (TPSA) is 468 Å². The maximum absolute atomic E-state index is 14.5. The van der Waals surface area contributed by atoms with Crippen molar-refractivity contribution >= 4 is 65.0 Å². The van der Waals surface area contributed by atoms with Gasteiger partial charge in [-0.25, -0.2) is 0 Å². The van der Waals surface area contributed by atoms with Gasteiger partial charge in [-0.1, -0.05) is 75.7 Å². The zero-order valence-electron chi connectivity index (χ0n) is 50.1. The highest BCUT2D eigenvalue weighted by atomic mass is 16.3. The molecule has 0 radical (unpaired) electrons. The van der Waals surface area contributed by atoms with Crippen molar-refractivity contribution < 1.29 is 53.1 Å². The van der Waals surface area contributed by atoms with Gasteiger partial charge >= 0.3 is 0 Å². The molecule has 11 atom stereocenters. The number of nitrogens with one attached hydrogen (secondary N) is 9. The number of primary amides is 1. The van der Waals surface area contributed by atoms with Crippen molar-refractivity contribution in [3.8, 4) is 0 Å². The molecule has 0 unspecified atom stereocenters. The fraction of sp³-hybridized carbons (Fsp3) is 0.796. The summed E-state index contributed by atoms with van der Waals surface area (Å²) < 4.78 is 0. The molecule has 0 bridgehead atoms. The Balaban J connectivity index is 7.03. The van der Waals surface area contributed by atoms with Crippen LogP contribution >= 0.6 is 0 Å². The summed E-state index contributed by atoms with van der Waals surface area (Å²) in [4.78, 5) is 141. The third-order valence-electron chi connectivity index (χ3n) is 13.2. The van der Waals surface area contributed by atoms with E-state index in [9.17, 15) is 53.1 Å². The Hall–Kier alpha value is -6.19. The molecular weight excluding hydrogens is 1050 g/mol. The van der Waals surface area contributed by atoms with Crippen LogP contribution in [-0.2, 0) is 47.9 Å². The molecule has 0 aromatic carbocycles. The summed E-state index contributed by atoms with van der Waals surface area (Å²) in [6.07, 6.45) is 1.45. The van der Waals surface area contributed by atoms with Crippen molar-refractivity contribution in [2.75, 3.05) is 26.2 Å². The monoisotopic (exact) mass is 1150 g/mol. The third kappa shape index (κ3) is 31.0. The van der Waals surface area contributed by atoms with Crippen LogP contribution in [0.4, 0.5) is 0 Å². The molecule has 0 rings (SSSR count). The SMILES string of the molecule is CC[C@H](C)[C@H](NC(=O)[C@H](CCCN=C(N)N)NC(=O)[C@H](CCCCN)NC(=O)[C@H](CC(C)C)NC(=O)[C@H](CC(C)C)NC(=O)CN)C(=O)N[C@H](CCCCN)C(=O)N[C@@H](C(=O)N[C@@H](CC(C)C)C(=O)N[C@@H](CC(C)C)C(N)=O)[C@H](C)O. The standard InChI is InChI=1S/C54H104N16O11/c1-12-33(10)43(52(80)65-36(19-14-16-22-56)48(76)70-44(34(11)71)53(81)68-41(27-32(8)9)51(79)66-38(45(58)73)24-29(2)3)69-47(75)37(20-17-23-61-54(59)60)63-46(74)35(18-13-15-21-55)64-50(78)40(26-31(6)7)67-49(77)39(25-30(4)5)62-42(72)28-57/h29-41,43-44,71H,12-28,55-57H2,1-11H3,(H2,58,73)(H,62,72)(H,63,74)(H,64,78)(H,65,80)(H,66,79)(H,67,77)(H,68,81)(H,69,75)(H,70,76)(H4,59,60,61)/t33-,34-,35-,36+,37-,38-,39-,40-,41-,43-,44+/m0/s1. The molecule has 10 amide bonds. The van der Waals surface area contributed by atoms with Crippen LogP contribution < -0.4 is 82.3 Å². The molecule has 0 heterocycles. The maximum Gasteiger partial charge on any atom is 0.245 e. The number of aliphatic hydroxyl groups excluding tert-OH is 1. The minimum absolute atomic E-state index is 0.00517. The molecule has 0 aliphatic carbocycles. The lowest BCUT2D eigenvalue weighted by molar-refractivity contribution is -0.137. The molecule has 0 saturated heterocycles. The van der Waals surface area contributed by atoms with Crippen molar-refractivity contribution in [2.24, 2.45) is 69.0 Å². The van der Waals surface area contributed by atoms with Crippen molar-refractivity contribution in [1.82, 2.24) is 47.9 Å². The van der Waals surface area contributed by atoms with E-state index in [1.165, 1.54) is 6.92 Å². The normalized spacial score (nSPS) is 15.5. The first-order chi connectivity index (χ1) is 37.9. The summed E-state index contributed by atoms with van der Waals surface area (Å²) in [5.41, 5.74) is 33.8. The van der Waals surface area contributed by atoms with Gasteiger partial charge in [0.15, 0.2) is 5.96 Å². The first-order valence-corrected chi connectivity index (χ1v) is 28.8. The Morgan fingerprint density at radius 2 is 0.728 bits per heavy atom.